The fraction of sp³-hybridized carbons (Fsp3) is 0.235. The van der Waals surface area contributed by atoms with Crippen molar-refractivity contribution in [3.63, 3.8) is 0 Å². The number of Topliss-reactive ketones (excluding diaryl/α,β-unsaturated/α-hetero) is 1. The van der Waals surface area contributed by atoms with E-state index in [1.165, 1.54) is 31.2 Å². The summed E-state index contributed by atoms with van der Waals surface area (Å²) < 4.78 is 26.6. The normalized spacial score (nSPS) is 11.1. The van der Waals surface area contributed by atoms with Gasteiger partial charge in [-0.25, -0.2) is 13.1 Å². The smallest absolute Gasteiger partial charge is 0.240 e. The number of rotatable bonds is 8. The van der Waals surface area contributed by atoms with E-state index in [2.05, 4.69) is 15.0 Å². The number of benzene rings is 1. The van der Waals surface area contributed by atoms with E-state index in [4.69, 9.17) is 0 Å². The zero-order valence-corrected chi connectivity index (χ0v) is 14.5. The third-order valence-corrected chi connectivity index (χ3v) is 4.89. The monoisotopic (exact) mass is 361 g/mol. The van der Waals surface area contributed by atoms with Crippen LogP contribution in [-0.4, -0.2) is 31.6 Å². The van der Waals surface area contributed by atoms with Crippen molar-refractivity contribution in [1.29, 1.82) is 0 Å². The van der Waals surface area contributed by atoms with Crippen molar-refractivity contribution >= 4 is 21.7 Å². The van der Waals surface area contributed by atoms with Crippen LogP contribution in [0.25, 0.3) is 0 Å². The Balaban J connectivity index is 1.81. The average Bonchev–Trinajstić information content (AvgIpc) is 2.61. The molecule has 0 aliphatic rings. The number of sulfonamides is 1. The van der Waals surface area contributed by atoms with E-state index in [1.54, 1.807) is 18.3 Å². The first-order valence-corrected chi connectivity index (χ1v) is 9.14. The van der Waals surface area contributed by atoms with Crippen LogP contribution in [0, 0.1) is 0 Å². The number of ketones is 1. The van der Waals surface area contributed by atoms with E-state index < -0.39 is 10.0 Å². The molecule has 8 heteroatoms. The van der Waals surface area contributed by atoms with Crippen molar-refractivity contribution in [1.82, 2.24) is 15.0 Å². The highest BCUT2D eigenvalue weighted by molar-refractivity contribution is 7.89. The van der Waals surface area contributed by atoms with Gasteiger partial charge in [0.1, 0.15) is 0 Å². The Bertz CT molecular complexity index is 834. The summed E-state index contributed by atoms with van der Waals surface area (Å²) in [6.45, 7) is 1.68. The first-order valence-electron chi connectivity index (χ1n) is 7.66. The molecule has 0 saturated heterocycles. The Morgan fingerprint density at radius 2 is 1.80 bits per heavy atom. The number of nitrogens with one attached hydrogen (secondary N) is 2. The second kappa shape index (κ2) is 8.50. The van der Waals surface area contributed by atoms with E-state index >= 15 is 0 Å². The van der Waals surface area contributed by atoms with Crippen molar-refractivity contribution in [2.75, 3.05) is 6.54 Å². The maximum atomic E-state index is 12.1. The Hall–Kier alpha value is -2.58. The molecule has 0 unspecified atom stereocenters. The van der Waals surface area contributed by atoms with Gasteiger partial charge >= 0.3 is 0 Å². The van der Waals surface area contributed by atoms with Crippen LogP contribution in [0.3, 0.4) is 0 Å². The second-order valence-electron chi connectivity index (χ2n) is 5.33. The Kier molecular flexibility index (Phi) is 6.37. The molecule has 132 valence electrons. The number of hydrogen-bond donors (Lipinski definition) is 2. The number of pyridine rings is 1. The minimum absolute atomic E-state index is 0.0115. The van der Waals surface area contributed by atoms with E-state index in [-0.39, 0.29) is 29.6 Å². The van der Waals surface area contributed by atoms with Gasteiger partial charge in [0.2, 0.25) is 15.9 Å². The van der Waals surface area contributed by atoms with Crippen molar-refractivity contribution in [3.05, 3.63) is 59.9 Å². The molecule has 0 spiro atoms. The molecule has 1 heterocycles. The van der Waals surface area contributed by atoms with E-state index in [9.17, 15) is 18.0 Å². The third kappa shape index (κ3) is 5.77. The Morgan fingerprint density at radius 1 is 1.08 bits per heavy atom. The molecule has 0 aliphatic carbocycles. The molecule has 25 heavy (non-hydrogen) atoms. The molecule has 1 aromatic heterocycles. The minimum atomic E-state index is -3.72. The summed E-state index contributed by atoms with van der Waals surface area (Å²) in [5.41, 5.74) is 1.16. The highest BCUT2D eigenvalue weighted by Gasteiger charge is 2.14. The maximum absolute atomic E-state index is 12.1. The molecule has 0 saturated carbocycles. The number of nitrogens with zero attached hydrogens (tertiary/aromatic N) is 1. The molecule has 0 aliphatic heterocycles. The van der Waals surface area contributed by atoms with Crippen LogP contribution in [0.2, 0.25) is 0 Å². The van der Waals surface area contributed by atoms with Gasteiger partial charge in [-0.3, -0.25) is 14.6 Å². The molecule has 0 bridgehead atoms. The number of hydrogen-bond acceptors (Lipinski definition) is 5. The van der Waals surface area contributed by atoms with Crippen molar-refractivity contribution < 1.29 is 18.0 Å². The van der Waals surface area contributed by atoms with Gasteiger partial charge in [0.05, 0.1) is 17.1 Å². The van der Waals surface area contributed by atoms with Gasteiger partial charge < -0.3 is 5.32 Å². The molecule has 2 N–H and O–H groups in total. The summed E-state index contributed by atoms with van der Waals surface area (Å²) in [7, 11) is -3.72. The molecular formula is C17H19N3O4S. The summed E-state index contributed by atoms with van der Waals surface area (Å²) in [4.78, 5) is 27.1. The summed E-state index contributed by atoms with van der Waals surface area (Å²) >= 11 is 0. The van der Waals surface area contributed by atoms with Crippen LogP contribution in [-0.2, 0) is 21.4 Å². The van der Waals surface area contributed by atoms with Crippen molar-refractivity contribution in [2.45, 2.75) is 24.8 Å². The van der Waals surface area contributed by atoms with Crippen LogP contribution in [0.1, 0.15) is 29.4 Å². The summed E-state index contributed by atoms with van der Waals surface area (Å²) in [5.74, 6) is -0.415. The van der Waals surface area contributed by atoms with Crippen LogP contribution in [0.15, 0.2) is 53.6 Å². The number of aromatic nitrogens is 1. The summed E-state index contributed by atoms with van der Waals surface area (Å²) in [6, 6.07) is 11.0. The lowest BCUT2D eigenvalue weighted by Gasteiger charge is -2.08. The predicted molar refractivity (Wildman–Crippen MR) is 92.3 cm³/mol. The van der Waals surface area contributed by atoms with E-state index in [0.29, 0.717) is 12.1 Å². The Labute approximate surface area is 146 Å². The van der Waals surface area contributed by atoms with E-state index in [1.807, 2.05) is 6.07 Å². The molecular weight excluding hydrogens is 342 g/mol. The van der Waals surface area contributed by atoms with Gasteiger partial charge in [-0.05, 0) is 31.2 Å². The molecule has 1 amide bonds. The number of carbonyl (C=O) groups is 2. The van der Waals surface area contributed by atoms with Crippen molar-refractivity contribution in [3.8, 4) is 0 Å². The molecule has 7 nitrogen and oxygen atoms in total. The molecule has 1 aromatic carbocycles. The van der Waals surface area contributed by atoms with Gasteiger partial charge in [-0.2, -0.15) is 0 Å². The summed E-state index contributed by atoms with van der Waals surface area (Å²) in [5, 5.41) is 2.67. The zero-order valence-electron chi connectivity index (χ0n) is 13.7. The molecule has 2 aromatic rings. The van der Waals surface area contributed by atoms with Crippen LogP contribution in [0.4, 0.5) is 0 Å². The van der Waals surface area contributed by atoms with Gasteiger partial charge in [0.25, 0.3) is 0 Å². The third-order valence-electron chi connectivity index (χ3n) is 3.41. The lowest BCUT2D eigenvalue weighted by molar-refractivity contribution is -0.121. The van der Waals surface area contributed by atoms with Crippen LogP contribution in [0.5, 0.6) is 0 Å². The number of carbonyl (C=O) groups excluding carboxylic acids is 2. The summed E-state index contributed by atoms with van der Waals surface area (Å²) in [6.07, 6.45) is 1.64. The molecule has 0 atom stereocenters. The SMILES string of the molecule is CC(=O)c1ccc(S(=O)(=O)NCCC(=O)NCc2ccccn2)cc1. The molecule has 2 rings (SSSR count). The quantitative estimate of drug-likeness (QED) is 0.689. The minimum Gasteiger partial charge on any atom is -0.350 e. The fourth-order valence-electron chi connectivity index (χ4n) is 2.03. The highest BCUT2D eigenvalue weighted by atomic mass is 32.2. The van der Waals surface area contributed by atoms with Gasteiger partial charge in [0, 0.05) is 24.7 Å². The lowest BCUT2D eigenvalue weighted by Crippen LogP contribution is -2.30. The number of amides is 1. The largest absolute Gasteiger partial charge is 0.350 e. The second-order valence-corrected chi connectivity index (χ2v) is 7.09. The van der Waals surface area contributed by atoms with Gasteiger partial charge in [-0.15, -0.1) is 0 Å². The van der Waals surface area contributed by atoms with Crippen LogP contribution >= 0.6 is 0 Å². The fourth-order valence-corrected chi connectivity index (χ4v) is 3.06. The molecule has 0 fully saturated rings. The zero-order chi connectivity index (χ0) is 18.3. The topological polar surface area (TPSA) is 105 Å². The van der Waals surface area contributed by atoms with Crippen molar-refractivity contribution in [2.24, 2.45) is 0 Å². The van der Waals surface area contributed by atoms with Gasteiger partial charge in [0.15, 0.2) is 5.78 Å². The Morgan fingerprint density at radius 3 is 2.40 bits per heavy atom. The lowest BCUT2D eigenvalue weighted by atomic mass is 10.2. The first kappa shape index (κ1) is 18.8. The standard InChI is InChI=1S/C17H19N3O4S/c1-13(21)14-5-7-16(8-6-14)25(23,24)20-11-9-17(22)19-12-15-4-2-3-10-18-15/h2-8,10,20H,9,11-12H2,1H3,(H,19,22). The average molecular weight is 361 g/mol. The highest BCUT2D eigenvalue weighted by Crippen LogP contribution is 2.10. The molecule has 0 radical (unpaired) electrons. The van der Waals surface area contributed by atoms with Gasteiger partial charge in [-0.1, -0.05) is 18.2 Å². The predicted octanol–water partition coefficient (Wildman–Crippen LogP) is 1.27. The van der Waals surface area contributed by atoms with Crippen LogP contribution < -0.4 is 10.0 Å². The maximum Gasteiger partial charge on any atom is 0.240 e. The first-order chi connectivity index (χ1) is 11.9. The van der Waals surface area contributed by atoms with E-state index in [0.717, 1.165) is 5.69 Å².